The molecule has 0 atom stereocenters. The molecule has 2 aromatic heterocycles. The van der Waals surface area contributed by atoms with E-state index in [1.807, 2.05) is 0 Å². The second-order valence-electron chi connectivity index (χ2n) is 6.66. The number of rotatable bonds is 3. The van der Waals surface area contributed by atoms with Crippen LogP contribution in [0.5, 0.6) is 0 Å². The van der Waals surface area contributed by atoms with Crippen LogP contribution in [0.15, 0.2) is 53.2 Å². The van der Waals surface area contributed by atoms with E-state index in [2.05, 4.69) is 20.2 Å². The molecule has 1 aliphatic rings. The molecule has 0 fully saturated rings. The minimum atomic E-state index is -0.430. The van der Waals surface area contributed by atoms with Crippen molar-refractivity contribution in [2.24, 2.45) is 0 Å². The van der Waals surface area contributed by atoms with E-state index in [0.29, 0.717) is 44.7 Å². The molecule has 0 aliphatic heterocycles. The Morgan fingerprint density at radius 1 is 1.10 bits per heavy atom. The summed E-state index contributed by atoms with van der Waals surface area (Å²) in [5, 5.41) is 35.9. The van der Waals surface area contributed by atoms with Gasteiger partial charge in [0.15, 0.2) is 5.69 Å². The standard InChI is InChI=1S/C19H13ClN6O4/c20-11-4-3-5-12(10-11)21-19(27)13-6-1-2-7-14(13)24-22-17-15(25(24)28)8-9-16-18(17)23-30-26(16)29/h1-7,10H,8-9H2,(H,21,27). The molecule has 1 N–H and O–H groups in total. The average Bonchev–Trinajstić information content (AvgIpc) is 3.28. The molecule has 0 spiro atoms. The molecular weight excluding hydrogens is 412 g/mol. The number of hydrogen-bond donors (Lipinski definition) is 1. The smallest absolute Gasteiger partial charge is 0.303 e. The summed E-state index contributed by atoms with van der Waals surface area (Å²) in [6, 6.07) is 13.3. The number of aromatic nitrogens is 5. The Bertz CT molecular complexity index is 1300. The van der Waals surface area contributed by atoms with E-state index in [1.165, 1.54) is 0 Å². The first-order valence-electron chi connectivity index (χ1n) is 9.00. The Morgan fingerprint density at radius 2 is 1.90 bits per heavy atom. The number of amides is 1. The Morgan fingerprint density at radius 3 is 2.73 bits per heavy atom. The molecule has 0 saturated heterocycles. The van der Waals surface area contributed by atoms with Crippen molar-refractivity contribution in [2.45, 2.75) is 12.8 Å². The summed E-state index contributed by atoms with van der Waals surface area (Å²) in [4.78, 5) is 14.9. The fourth-order valence-corrected chi connectivity index (χ4v) is 3.64. The molecule has 2 heterocycles. The molecule has 0 saturated carbocycles. The van der Waals surface area contributed by atoms with Gasteiger partial charge in [0, 0.05) is 23.6 Å². The van der Waals surface area contributed by atoms with Crippen LogP contribution in [-0.2, 0) is 12.8 Å². The van der Waals surface area contributed by atoms with E-state index < -0.39 is 5.91 Å². The van der Waals surface area contributed by atoms with Crippen molar-refractivity contribution >= 4 is 23.2 Å². The SMILES string of the molecule is O=C(Nc1cccc(Cl)c1)c1ccccc1-n1nc2c([n+]1[O-])CCc1c-2no[n+]1[O-]. The van der Waals surface area contributed by atoms with Crippen LogP contribution in [0.4, 0.5) is 5.69 Å². The van der Waals surface area contributed by atoms with Crippen molar-refractivity contribution in [3.05, 3.63) is 80.9 Å². The van der Waals surface area contributed by atoms with E-state index in [-0.39, 0.29) is 22.6 Å². The third kappa shape index (κ3) is 2.85. The highest BCUT2D eigenvalue weighted by atomic mass is 35.5. The van der Waals surface area contributed by atoms with E-state index in [4.69, 9.17) is 11.6 Å². The van der Waals surface area contributed by atoms with Crippen molar-refractivity contribution in [1.82, 2.24) is 15.1 Å². The largest absolute Gasteiger partial charge is 0.692 e. The molecule has 10 nitrogen and oxygen atoms in total. The van der Waals surface area contributed by atoms with Gasteiger partial charge in [0.05, 0.1) is 15.8 Å². The highest BCUT2D eigenvalue weighted by Gasteiger charge is 2.39. The van der Waals surface area contributed by atoms with Gasteiger partial charge in [-0.3, -0.25) is 9.42 Å². The van der Waals surface area contributed by atoms with Gasteiger partial charge in [0.2, 0.25) is 5.69 Å². The van der Waals surface area contributed by atoms with Crippen LogP contribution >= 0.6 is 11.6 Å². The second kappa shape index (κ2) is 6.85. The van der Waals surface area contributed by atoms with E-state index >= 15 is 0 Å². The highest BCUT2D eigenvalue weighted by Crippen LogP contribution is 2.28. The molecule has 5 rings (SSSR count). The van der Waals surface area contributed by atoms with Crippen molar-refractivity contribution < 1.29 is 19.2 Å². The van der Waals surface area contributed by atoms with Crippen molar-refractivity contribution in [1.29, 1.82) is 0 Å². The van der Waals surface area contributed by atoms with Crippen LogP contribution in [0.1, 0.15) is 21.7 Å². The van der Waals surface area contributed by atoms with E-state index in [1.54, 1.807) is 48.5 Å². The van der Waals surface area contributed by atoms with Crippen molar-refractivity contribution in [3.8, 4) is 17.1 Å². The first kappa shape index (κ1) is 18.1. The summed E-state index contributed by atoms with van der Waals surface area (Å²) in [5.74, 6) is -0.430. The number of para-hydroxylation sites is 1. The lowest BCUT2D eigenvalue weighted by molar-refractivity contribution is -0.808. The van der Waals surface area contributed by atoms with Gasteiger partial charge in [0.25, 0.3) is 5.91 Å². The van der Waals surface area contributed by atoms with Gasteiger partial charge in [-0.05, 0) is 40.0 Å². The van der Waals surface area contributed by atoms with Crippen LogP contribution in [0, 0.1) is 10.4 Å². The van der Waals surface area contributed by atoms with Crippen LogP contribution in [-0.4, -0.2) is 21.0 Å². The molecule has 4 aromatic rings. The molecule has 11 heteroatoms. The summed E-state index contributed by atoms with van der Waals surface area (Å²) in [7, 11) is 0. The molecule has 1 aliphatic carbocycles. The van der Waals surface area contributed by atoms with Crippen molar-refractivity contribution in [2.75, 3.05) is 5.32 Å². The molecule has 0 bridgehead atoms. The maximum Gasteiger partial charge on any atom is 0.303 e. The predicted octanol–water partition coefficient (Wildman–Crippen LogP) is 1.80. The first-order valence-corrected chi connectivity index (χ1v) is 9.38. The number of carbonyl (C=O) groups excluding carboxylic acids is 1. The number of nitrogens with zero attached hydrogens (tertiary/aromatic N) is 5. The third-order valence-corrected chi connectivity index (χ3v) is 5.08. The lowest BCUT2D eigenvalue weighted by Gasteiger charge is -2.11. The summed E-state index contributed by atoms with van der Waals surface area (Å²) >= 11 is 5.98. The summed E-state index contributed by atoms with van der Waals surface area (Å²) < 4.78 is 4.64. The van der Waals surface area contributed by atoms with Gasteiger partial charge < -0.3 is 15.7 Å². The number of fused-ring (bicyclic) bond motifs is 3. The zero-order chi connectivity index (χ0) is 20.8. The summed E-state index contributed by atoms with van der Waals surface area (Å²) in [5.41, 5.74) is 2.19. The van der Waals surface area contributed by atoms with Crippen LogP contribution in [0.3, 0.4) is 0 Å². The van der Waals surface area contributed by atoms with Gasteiger partial charge in [-0.2, -0.15) is 0 Å². The topological polar surface area (TPSA) is 127 Å². The number of hydrogen-bond acceptors (Lipinski definition) is 6. The number of carbonyl (C=O) groups is 1. The maximum atomic E-state index is 12.9. The fraction of sp³-hybridized carbons (Fsp3) is 0.105. The Balaban J connectivity index is 1.57. The second-order valence-corrected chi connectivity index (χ2v) is 7.10. The normalized spacial score (nSPS) is 12.3. The monoisotopic (exact) mass is 424 g/mol. The molecule has 0 unspecified atom stereocenters. The van der Waals surface area contributed by atoms with Gasteiger partial charge in [-0.1, -0.05) is 29.8 Å². The average molecular weight is 425 g/mol. The quantitative estimate of drug-likeness (QED) is 0.394. The third-order valence-electron chi connectivity index (χ3n) is 4.84. The molecular formula is C19H13ClN6O4. The molecule has 2 aromatic carbocycles. The maximum absolute atomic E-state index is 12.9. The van der Waals surface area contributed by atoms with Gasteiger partial charge in [0.1, 0.15) is 5.69 Å². The Hall–Kier alpha value is -3.92. The van der Waals surface area contributed by atoms with Gasteiger partial charge in [-0.25, -0.2) is 0 Å². The lowest BCUT2D eigenvalue weighted by atomic mass is 10.0. The predicted molar refractivity (Wildman–Crippen MR) is 104 cm³/mol. The number of benzene rings is 2. The molecule has 150 valence electrons. The number of halogens is 1. The zero-order valence-corrected chi connectivity index (χ0v) is 16.0. The van der Waals surface area contributed by atoms with Gasteiger partial charge >= 0.3 is 11.4 Å². The summed E-state index contributed by atoms with van der Waals surface area (Å²) in [6.07, 6.45) is 0.604. The van der Waals surface area contributed by atoms with E-state index in [0.717, 1.165) is 4.80 Å². The minimum absolute atomic E-state index is 0.232. The fourth-order valence-electron chi connectivity index (χ4n) is 3.45. The van der Waals surface area contributed by atoms with E-state index in [9.17, 15) is 15.2 Å². The Kier molecular flexibility index (Phi) is 4.14. The van der Waals surface area contributed by atoms with Crippen LogP contribution in [0.2, 0.25) is 5.02 Å². The Labute approximate surface area is 174 Å². The number of anilines is 1. The molecule has 0 radical (unpaired) electrons. The van der Waals surface area contributed by atoms with Gasteiger partial charge in [-0.15, -0.1) is 4.85 Å². The highest BCUT2D eigenvalue weighted by molar-refractivity contribution is 6.31. The molecule has 30 heavy (non-hydrogen) atoms. The first-order chi connectivity index (χ1) is 14.5. The van der Waals surface area contributed by atoms with Crippen LogP contribution in [0.25, 0.3) is 17.1 Å². The van der Waals surface area contributed by atoms with Crippen LogP contribution < -0.4 is 15.1 Å². The number of nitrogens with one attached hydrogen (secondary N) is 1. The zero-order valence-electron chi connectivity index (χ0n) is 15.3. The minimum Gasteiger partial charge on any atom is -0.692 e. The van der Waals surface area contributed by atoms with Crippen molar-refractivity contribution in [3.63, 3.8) is 0 Å². The lowest BCUT2D eigenvalue weighted by Crippen LogP contribution is -2.42. The summed E-state index contributed by atoms with van der Waals surface area (Å²) in [6.45, 7) is 0. The molecule has 1 amide bonds.